The van der Waals surface area contributed by atoms with Gasteiger partial charge in [0.25, 0.3) is 5.91 Å². The second-order valence-electron chi connectivity index (χ2n) is 6.64. The summed E-state index contributed by atoms with van der Waals surface area (Å²) in [5.41, 5.74) is 6.12. The zero-order valence-electron chi connectivity index (χ0n) is 15.8. The van der Waals surface area contributed by atoms with Crippen LogP contribution in [0.5, 0.6) is 0 Å². The van der Waals surface area contributed by atoms with Gasteiger partial charge in [-0.15, -0.1) is 23.1 Å². The normalized spacial score (nSPS) is 13.1. The average Bonchev–Trinajstić information content (AvgIpc) is 2.98. The zero-order chi connectivity index (χ0) is 20.6. The van der Waals surface area contributed by atoms with Gasteiger partial charge in [-0.3, -0.25) is 25.2 Å². The second kappa shape index (κ2) is 10.4. The zero-order valence-corrected chi connectivity index (χ0v) is 17.4. The fourth-order valence-electron chi connectivity index (χ4n) is 2.99. The van der Waals surface area contributed by atoms with E-state index in [1.54, 1.807) is 6.07 Å². The van der Waals surface area contributed by atoms with E-state index in [4.69, 9.17) is 0 Å². The van der Waals surface area contributed by atoms with Crippen molar-refractivity contribution in [2.75, 3.05) is 16.8 Å². The number of amides is 3. The molecule has 9 heteroatoms. The lowest BCUT2D eigenvalue weighted by Gasteiger charge is -2.07. The van der Waals surface area contributed by atoms with Crippen LogP contribution in [-0.2, 0) is 22.4 Å². The van der Waals surface area contributed by atoms with Gasteiger partial charge in [0.05, 0.1) is 22.1 Å². The van der Waals surface area contributed by atoms with E-state index in [9.17, 15) is 18.8 Å². The van der Waals surface area contributed by atoms with Crippen molar-refractivity contribution in [3.05, 3.63) is 51.5 Å². The van der Waals surface area contributed by atoms with Crippen molar-refractivity contribution in [1.82, 2.24) is 10.9 Å². The van der Waals surface area contributed by atoms with Crippen LogP contribution < -0.4 is 16.2 Å². The number of hydrogen-bond acceptors (Lipinski definition) is 5. The SMILES string of the molecule is O=C(CSCC(=O)Nc1ccccc1F)NNC(=O)c1cc2c(s1)CCCCC2. The molecule has 1 aliphatic carbocycles. The molecule has 3 rings (SSSR count). The summed E-state index contributed by atoms with van der Waals surface area (Å²) in [6.07, 6.45) is 5.51. The van der Waals surface area contributed by atoms with Crippen molar-refractivity contribution in [2.24, 2.45) is 0 Å². The second-order valence-corrected chi connectivity index (χ2v) is 8.77. The lowest BCUT2D eigenvalue weighted by molar-refractivity contribution is -0.119. The number of thioether (sulfide) groups is 1. The van der Waals surface area contributed by atoms with Crippen molar-refractivity contribution in [3.8, 4) is 0 Å². The first-order chi connectivity index (χ1) is 14.0. The maximum atomic E-state index is 13.5. The molecule has 0 unspecified atom stereocenters. The first kappa shape index (κ1) is 21.3. The van der Waals surface area contributed by atoms with Gasteiger partial charge in [0.15, 0.2) is 0 Å². The molecule has 1 aliphatic rings. The van der Waals surface area contributed by atoms with Gasteiger partial charge < -0.3 is 5.32 Å². The molecule has 0 saturated carbocycles. The number of hydrazine groups is 1. The Morgan fingerprint density at radius 3 is 2.59 bits per heavy atom. The summed E-state index contributed by atoms with van der Waals surface area (Å²) < 4.78 is 13.5. The highest BCUT2D eigenvalue weighted by atomic mass is 32.2. The molecule has 1 aromatic carbocycles. The van der Waals surface area contributed by atoms with E-state index in [-0.39, 0.29) is 23.1 Å². The molecule has 29 heavy (non-hydrogen) atoms. The highest BCUT2D eigenvalue weighted by Gasteiger charge is 2.17. The van der Waals surface area contributed by atoms with Crippen LogP contribution in [0.2, 0.25) is 0 Å². The summed E-state index contributed by atoms with van der Waals surface area (Å²) in [6, 6.07) is 7.78. The van der Waals surface area contributed by atoms with Gasteiger partial charge in [-0.1, -0.05) is 18.6 Å². The van der Waals surface area contributed by atoms with Crippen LogP contribution in [0.3, 0.4) is 0 Å². The number of para-hydroxylation sites is 1. The predicted molar refractivity (Wildman–Crippen MR) is 114 cm³/mol. The summed E-state index contributed by atoms with van der Waals surface area (Å²) in [6.45, 7) is 0. The first-order valence-electron chi connectivity index (χ1n) is 9.36. The van der Waals surface area contributed by atoms with Crippen LogP contribution in [0.1, 0.15) is 39.4 Å². The summed E-state index contributed by atoms with van der Waals surface area (Å²) in [7, 11) is 0. The maximum Gasteiger partial charge on any atom is 0.279 e. The molecular formula is C20H22FN3O3S2. The Bertz CT molecular complexity index is 877. The van der Waals surface area contributed by atoms with Gasteiger partial charge in [0.2, 0.25) is 11.8 Å². The number of hydrogen-bond donors (Lipinski definition) is 3. The molecule has 0 atom stereocenters. The third kappa shape index (κ3) is 6.30. The average molecular weight is 436 g/mol. The summed E-state index contributed by atoms with van der Waals surface area (Å²) in [4.78, 5) is 37.8. The Hall–Kier alpha value is -2.39. The fourth-order valence-corrected chi connectivity index (χ4v) is 4.75. The Labute approximate surface area is 176 Å². The third-order valence-corrected chi connectivity index (χ3v) is 6.57. The number of benzene rings is 1. The number of fused-ring (bicyclic) bond motifs is 1. The van der Waals surface area contributed by atoms with E-state index >= 15 is 0 Å². The van der Waals surface area contributed by atoms with Crippen LogP contribution in [-0.4, -0.2) is 29.2 Å². The molecule has 6 nitrogen and oxygen atoms in total. The van der Waals surface area contributed by atoms with Crippen molar-refractivity contribution in [2.45, 2.75) is 32.1 Å². The molecule has 2 aromatic rings. The molecule has 0 saturated heterocycles. The van der Waals surface area contributed by atoms with E-state index in [1.165, 1.54) is 46.4 Å². The number of carbonyl (C=O) groups excluding carboxylic acids is 3. The predicted octanol–water partition coefficient (Wildman–Crippen LogP) is 3.29. The summed E-state index contributed by atoms with van der Waals surface area (Å²) in [5.74, 6) is -1.69. The standard InChI is InChI=1S/C20H22FN3O3S2/c21-14-7-4-5-8-15(14)22-18(25)11-28-12-19(26)23-24-20(27)17-10-13-6-2-1-3-9-16(13)29-17/h4-5,7-8,10H,1-3,6,9,11-12H2,(H,22,25)(H,23,26)(H,24,27). The molecule has 0 radical (unpaired) electrons. The molecule has 0 fully saturated rings. The van der Waals surface area contributed by atoms with Gasteiger partial charge in [-0.2, -0.15) is 0 Å². The molecule has 1 heterocycles. The quantitative estimate of drug-likeness (QED) is 0.480. The Morgan fingerprint density at radius 2 is 1.76 bits per heavy atom. The summed E-state index contributed by atoms with van der Waals surface area (Å²) >= 11 is 2.55. The largest absolute Gasteiger partial charge is 0.323 e. The number of thiophene rings is 1. The minimum absolute atomic E-state index is 0.00660. The number of anilines is 1. The van der Waals surface area contributed by atoms with Crippen molar-refractivity contribution in [1.29, 1.82) is 0 Å². The first-order valence-corrected chi connectivity index (χ1v) is 11.3. The molecule has 154 valence electrons. The smallest absolute Gasteiger partial charge is 0.279 e. The third-order valence-electron chi connectivity index (χ3n) is 4.40. The molecular weight excluding hydrogens is 413 g/mol. The number of aryl methyl sites for hydroxylation is 2. The lowest BCUT2D eigenvalue weighted by atomic mass is 10.1. The van der Waals surface area contributed by atoms with Gasteiger partial charge in [-0.25, -0.2) is 4.39 Å². The Balaban J connectivity index is 1.37. The molecule has 3 amide bonds. The number of nitrogens with one attached hydrogen (secondary N) is 3. The molecule has 0 spiro atoms. The van der Waals surface area contributed by atoms with Crippen LogP contribution in [0.15, 0.2) is 30.3 Å². The lowest BCUT2D eigenvalue weighted by Crippen LogP contribution is -2.42. The number of rotatable bonds is 6. The van der Waals surface area contributed by atoms with Crippen LogP contribution in [0, 0.1) is 5.82 Å². The van der Waals surface area contributed by atoms with Gasteiger partial charge in [0, 0.05) is 4.88 Å². The van der Waals surface area contributed by atoms with Gasteiger partial charge in [-0.05, 0) is 49.4 Å². The van der Waals surface area contributed by atoms with Gasteiger partial charge >= 0.3 is 0 Å². The molecule has 3 N–H and O–H groups in total. The van der Waals surface area contributed by atoms with Crippen molar-refractivity contribution < 1.29 is 18.8 Å². The Morgan fingerprint density at radius 1 is 1.00 bits per heavy atom. The maximum absolute atomic E-state index is 13.5. The highest BCUT2D eigenvalue weighted by molar-refractivity contribution is 8.00. The number of halogens is 1. The van der Waals surface area contributed by atoms with E-state index < -0.39 is 17.6 Å². The van der Waals surface area contributed by atoms with Crippen LogP contribution in [0.4, 0.5) is 10.1 Å². The highest BCUT2D eigenvalue weighted by Crippen LogP contribution is 2.28. The van der Waals surface area contributed by atoms with Crippen molar-refractivity contribution >= 4 is 46.5 Å². The molecule has 1 aromatic heterocycles. The minimum Gasteiger partial charge on any atom is -0.323 e. The van der Waals surface area contributed by atoms with E-state index in [0.717, 1.165) is 37.4 Å². The van der Waals surface area contributed by atoms with E-state index in [0.29, 0.717) is 4.88 Å². The molecule has 0 bridgehead atoms. The Kier molecular flexibility index (Phi) is 7.65. The van der Waals surface area contributed by atoms with E-state index in [1.807, 2.05) is 6.07 Å². The van der Waals surface area contributed by atoms with Crippen molar-refractivity contribution in [3.63, 3.8) is 0 Å². The molecule has 0 aliphatic heterocycles. The van der Waals surface area contributed by atoms with Gasteiger partial charge in [0.1, 0.15) is 5.82 Å². The van der Waals surface area contributed by atoms with Crippen LogP contribution >= 0.6 is 23.1 Å². The fraction of sp³-hybridized carbons (Fsp3) is 0.350. The number of carbonyl (C=O) groups is 3. The monoisotopic (exact) mass is 435 g/mol. The minimum atomic E-state index is -0.516. The summed E-state index contributed by atoms with van der Waals surface area (Å²) in [5, 5.41) is 2.45. The van der Waals surface area contributed by atoms with E-state index in [2.05, 4.69) is 16.2 Å². The van der Waals surface area contributed by atoms with Crippen LogP contribution in [0.25, 0.3) is 0 Å². The topological polar surface area (TPSA) is 87.3 Å².